The molecule has 0 radical (unpaired) electrons. The number of benzene rings is 1. The van der Waals surface area contributed by atoms with Gasteiger partial charge in [0, 0.05) is 17.1 Å². The van der Waals surface area contributed by atoms with E-state index in [2.05, 4.69) is 9.97 Å². The predicted molar refractivity (Wildman–Crippen MR) is 81.6 cm³/mol. The maximum absolute atomic E-state index is 6.13. The highest BCUT2D eigenvalue weighted by Gasteiger charge is 2.13. The van der Waals surface area contributed by atoms with Crippen LogP contribution in [-0.2, 0) is 6.54 Å². The summed E-state index contributed by atoms with van der Waals surface area (Å²) in [5.41, 5.74) is 8.53. The Bertz CT molecular complexity index is 772. The molecule has 0 aliphatic carbocycles. The molecule has 2 heterocycles. The molecule has 0 saturated heterocycles. The fourth-order valence-corrected chi connectivity index (χ4v) is 3.13. The van der Waals surface area contributed by atoms with E-state index in [9.17, 15) is 0 Å². The zero-order valence-corrected chi connectivity index (χ0v) is 12.3. The van der Waals surface area contributed by atoms with Gasteiger partial charge in [-0.15, -0.1) is 11.3 Å². The standard InChI is InChI=1S/C14H12ClN3OS/c1-8-6-20-13-12(8)17-7-18-14(13)19-11-4-2-3-10(15)9(11)5-16/h2-4,6-7H,5,16H2,1H3. The molecule has 20 heavy (non-hydrogen) atoms. The monoisotopic (exact) mass is 305 g/mol. The van der Waals surface area contributed by atoms with Crippen LogP contribution in [0.15, 0.2) is 29.9 Å². The Morgan fingerprint density at radius 1 is 1.35 bits per heavy atom. The van der Waals surface area contributed by atoms with Crippen LogP contribution in [0.3, 0.4) is 0 Å². The van der Waals surface area contributed by atoms with Crippen LogP contribution < -0.4 is 10.5 Å². The molecule has 4 nitrogen and oxygen atoms in total. The second-order valence-corrected chi connectivity index (χ2v) is 5.58. The summed E-state index contributed by atoms with van der Waals surface area (Å²) in [6, 6.07) is 5.46. The van der Waals surface area contributed by atoms with Gasteiger partial charge in [0.15, 0.2) is 0 Å². The van der Waals surface area contributed by atoms with Crippen LogP contribution in [0.4, 0.5) is 0 Å². The largest absolute Gasteiger partial charge is 0.437 e. The molecule has 0 unspecified atom stereocenters. The van der Waals surface area contributed by atoms with E-state index < -0.39 is 0 Å². The van der Waals surface area contributed by atoms with Crippen LogP contribution in [-0.4, -0.2) is 9.97 Å². The third-order valence-electron chi connectivity index (χ3n) is 2.98. The van der Waals surface area contributed by atoms with E-state index in [0.29, 0.717) is 23.2 Å². The SMILES string of the molecule is Cc1csc2c(Oc3cccc(Cl)c3CN)ncnc12. The lowest BCUT2D eigenvalue weighted by molar-refractivity contribution is 0.463. The normalized spacial score (nSPS) is 10.9. The van der Waals surface area contributed by atoms with Crippen molar-refractivity contribution in [2.24, 2.45) is 5.73 Å². The highest BCUT2D eigenvalue weighted by Crippen LogP contribution is 2.35. The lowest BCUT2D eigenvalue weighted by atomic mass is 10.2. The van der Waals surface area contributed by atoms with Crippen LogP contribution >= 0.6 is 22.9 Å². The van der Waals surface area contributed by atoms with Crippen molar-refractivity contribution in [2.45, 2.75) is 13.5 Å². The van der Waals surface area contributed by atoms with Crippen molar-refractivity contribution >= 4 is 33.2 Å². The Morgan fingerprint density at radius 2 is 2.20 bits per heavy atom. The maximum atomic E-state index is 6.13. The molecule has 102 valence electrons. The smallest absolute Gasteiger partial charge is 0.240 e. The summed E-state index contributed by atoms with van der Waals surface area (Å²) in [4.78, 5) is 8.49. The molecule has 0 fully saturated rings. The first kappa shape index (κ1) is 13.3. The van der Waals surface area contributed by atoms with Crippen molar-refractivity contribution in [3.05, 3.63) is 46.1 Å². The fraction of sp³-hybridized carbons (Fsp3) is 0.143. The zero-order valence-electron chi connectivity index (χ0n) is 10.8. The molecule has 0 amide bonds. The zero-order chi connectivity index (χ0) is 14.1. The molecule has 0 spiro atoms. The van der Waals surface area contributed by atoms with Crippen molar-refractivity contribution in [2.75, 3.05) is 0 Å². The molecule has 0 saturated carbocycles. The number of hydrogen-bond acceptors (Lipinski definition) is 5. The number of aromatic nitrogens is 2. The summed E-state index contributed by atoms with van der Waals surface area (Å²) in [5, 5.41) is 2.63. The van der Waals surface area contributed by atoms with Crippen LogP contribution in [0.2, 0.25) is 5.02 Å². The quantitative estimate of drug-likeness (QED) is 0.797. The molecule has 0 aliphatic heterocycles. The summed E-state index contributed by atoms with van der Waals surface area (Å²) in [6.07, 6.45) is 1.50. The highest BCUT2D eigenvalue weighted by molar-refractivity contribution is 7.17. The van der Waals surface area contributed by atoms with Crippen LogP contribution in [0.1, 0.15) is 11.1 Å². The molecule has 6 heteroatoms. The number of nitrogens with zero attached hydrogens (tertiary/aromatic N) is 2. The Kier molecular flexibility index (Phi) is 3.56. The molecule has 0 aliphatic rings. The molecule has 2 N–H and O–H groups in total. The van der Waals surface area contributed by atoms with Gasteiger partial charge in [0.05, 0.1) is 5.52 Å². The van der Waals surface area contributed by atoms with E-state index in [1.54, 1.807) is 17.4 Å². The molecular weight excluding hydrogens is 294 g/mol. The fourth-order valence-electron chi connectivity index (χ4n) is 1.96. The van der Waals surface area contributed by atoms with E-state index >= 15 is 0 Å². The topological polar surface area (TPSA) is 61.0 Å². The maximum Gasteiger partial charge on any atom is 0.240 e. The molecule has 3 rings (SSSR count). The first-order chi connectivity index (χ1) is 9.70. The Balaban J connectivity index is 2.08. The van der Waals surface area contributed by atoms with Crippen molar-refractivity contribution in [1.29, 1.82) is 0 Å². The summed E-state index contributed by atoms with van der Waals surface area (Å²) in [5.74, 6) is 1.16. The highest BCUT2D eigenvalue weighted by atomic mass is 35.5. The molecular formula is C14H12ClN3OS. The number of nitrogens with two attached hydrogens (primary N) is 1. The molecule has 0 bridgehead atoms. The minimum absolute atomic E-state index is 0.312. The Morgan fingerprint density at radius 3 is 3.00 bits per heavy atom. The summed E-state index contributed by atoms with van der Waals surface area (Å²) in [6.45, 7) is 2.33. The summed E-state index contributed by atoms with van der Waals surface area (Å²) >= 11 is 7.69. The van der Waals surface area contributed by atoms with Crippen LogP contribution in [0.5, 0.6) is 11.6 Å². The number of hydrogen-bond donors (Lipinski definition) is 1. The van der Waals surface area contributed by atoms with E-state index in [1.807, 2.05) is 24.4 Å². The Hall–Kier alpha value is -1.69. The Labute approximate surface area is 125 Å². The van der Waals surface area contributed by atoms with Gasteiger partial charge in [-0.2, -0.15) is 0 Å². The van der Waals surface area contributed by atoms with Gasteiger partial charge in [-0.25, -0.2) is 9.97 Å². The van der Waals surface area contributed by atoms with Gasteiger partial charge in [0.25, 0.3) is 0 Å². The molecule has 3 aromatic rings. The van der Waals surface area contributed by atoms with Crippen LogP contribution in [0.25, 0.3) is 10.2 Å². The van der Waals surface area contributed by atoms with E-state index in [0.717, 1.165) is 21.3 Å². The molecule has 0 atom stereocenters. The number of halogens is 1. The number of rotatable bonds is 3. The van der Waals surface area contributed by atoms with Crippen molar-refractivity contribution in [3.63, 3.8) is 0 Å². The summed E-state index contributed by atoms with van der Waals surface area (Å²) in [7, 11) is 0. The number of ether oxygens (including phenoxy) is 1. The van der Waals surface area contributed by atoms with Gasteiger partial charge >= 0.3 is 0 Å². The van der Waals surface area contributed by atoms with E-state index in [-0.39, 0.29) is 0 Å². The van der Waals surface area contributed by atoms with Crippen molar-refractivity contribution in [1.82, 2.24) is 9.97 Å². The average Bonchev–Trinajstić information content (AvgIpc) is 2.82. The van der Waals surface area contributed by atoms with Gasteiger partial charge in [-0.3, -0.25) is 0 Å². The number of aryl methyl sites for hydroxylation is 1. The van der Waals surface area contributed by atoms with Crippen molar-refractivity contribution in [3.8, 4) is 11.6 Å². The van der Waals surface area contributed by atoms with Gasteiger partial charge in [-0.1, -0.05) is 17.7 Å². The predicted octanol–water partition coefficient (Wildman–Crippen LogP) is 3.90. The number of fused-ring (bicyclic) bond motifs is 1. The third kappa shape index (κ3) is 2.24. The first-order valence-electron chi connectivity index (χ1n) is 6.05. The lowest BCUT2D eigenvalue weighted by Crippen LogP contribution is -2.01. The first-order valence-corrected chi connectivity index (χ1v) is 7.30. The van der Waals surface area contributed by atoms with Gasteiger partial charge < -0.3 is 10.5 Å². The second-order valence-electron chi connectivity index (χ2n) is 4.30. The summed E-state index contributed by atoms with van der Waals surface area (Å²) < 4.78 is 6.83. The van der Waals surface area contributed by atoms with Crippen LogP contribution in [0, 0.1) is 6.92 Å². The van der Waals surface area contributed by atoms with Gasteiger partial charge in [-0.05, 0) is 30.0 Å². The second kappa shape index (κ2) is 5.36. The average molecular weight is 306 g/mol. The minimum Gasteiger partial charge on any atom is -0.437 e. The number of thiophene rings is 1. The van der Waals surface area contributed by atoms with Gasteiger partial charge in [0.2, 0.25) is 5.88 Å². The van der Waals surface area contributed by atoms with E-state index in [4.69, 9.17) is 22.1 Å². The van der Waals surface area contributed by atoms with E-state index in [1.165, 1.54) is 6.33 Å². The lowest BCUT2D eigenvalue weighted by Gasteiger charge is -2.10. The van der Waals surface area contributed by atoms with Gasteiger partial charge in [0.1, 0.15) is 16.8 Å². The minimum atomic E-state index is 0.312. The van der Waals surface area contributed by atoms with Crippen molar-refractivity contribution < 1.29 is 4.74 Å². The molecule has 2 aromatic heterocycles. The molecule has 1 aromatic carbocycles. The third-order valence-corrected chi connectivity index (χ3v) is 4.41.